The molecule has 0 radical (unpaired) electrons. The number of anilines is 3. The van der Waals surface area contributed by atoms with Crippen molar-refractivity contribution in [1.29, 1.82) is 0 Å². The zero-order valence-electron chi connectivity index (χ0n) is 15.5. The highest BCUT2D eigenvalue weighted by atomic mass is 35.5. The van der Waals surface area contributed by atoms with E-state index in [1.807, 2.05) is 13.0 Å². The number of aryl methyl sites for hydroxylation is 1. The van der Waals surface area contributed by atoms with Gasteiger partial charge in [-0.2, -0.15) is 0 Å². The van der Waals surface area contributed by atoms with Crippen LogP contribution in [-0.2, 0) is 14.4 Å². The average molecular weight is 388 g/mol. The third kappa shape index (κ3) is 6.11. The molecular weight excluding hydrogens is 366 g/mol. The molecule has 0 unspecified atom stereocenters. The highest BCUT2D eigenvalue weighted by Gasteiger charge is 2.14. The molecule has 0 spiro atoms. The Morgan fingerprint density at radius 2 is 1.67 bits per heavy atom. The van der Waals surface area contributed by atoms with Gasteiger partial charge in [0, 0.05) is 48.9 Å². The predicted molar refractivity (Wildman–Crippen MR) is 108 cm³/mol. The van der Waals surface area contributed by atoms with Crippen molar-refractivity contribution in [2.24, 2.45) is 0 Å². The van der Waals surface area contributed by atoms with Gasteiger partial charge in [-0.3, -0.25) is 14.4 Å². The maximum atomic E-state index is 12.3. The van der Waals surface area contributed by atoms with E-state index in [0.29, 0.717) is 22.1 Å². The molecule has 3 amide bonds. The van der Waals surface area contributed by atoms with Gasteiger partial charge >= 0.3 is 0 Å². The molecule has 0 atom stereocenters. The highest BCUT2D eigenvalue weighted by molar-refractivity contribution is 6.31. The zero-order chi connectivity index (χ0) is 20.0. The van der Waals surface area contributed by atoms with Crippen molar-refractivity contribution in [3.05, 3.63) is 53.1 Å². The molecule has 2 aromatic carbocycles. The van der Waals surface area contributed by atoms with Gasteiger partial charge < -0.3 is 15.5 Å². The molecular formula is C20H22ClN3O3. The smallest absolute Gasteiger partial charge is 0.226 e. The molecule has 0 heterocycles. The Balaban J connectivity index is 2.01. The average Bonchev–Trinajstić information content (AvgIpc) is 2.57. The van der Waals surface area contributed by atoms with Crippen molar-refractivity contribution >= 4 is 46.4 Å². The molecule has 2 rings (SSSR count). The summed E-state index contributed by atoms with van der Waals surface area (Å²) in [4.78, 5) is 36.9. The first-order valence-corrected chi connectivity index (χ1v) is 8.86. The van der Waals surface area contributed by atoms with E-state index in [2.05, 4.69) is 10.6 Å². The van der Waals surface area contributed by atoms with Gasteiger partial charge in [-0.15, -0.1) is 0 Å². The van der Waals surface area contributed by atoms with Crippen molar-refractivity contribution in [3.8, 4) is 0 Å². The largest absolute Gasteiger partial charge is 0.326 e. The number of benzene rings is 2. The van der Waals surface area contributed by atoms with Crippen LogP contribution in [0.5, 0.6) is 0 Å². The number of carbonyl (C=O) groups excluding carboxylic acids is 3. The summed E-state index contributed by atoms with van der Waals surface area (Å²) in [5.74, 6) is -0.595. The lowest BCUT2D eigenvalue weighted by atomic mass is 10.2. The number of hydrogen-bond acceptors (Lipinski definition) is 3. The Kier molecular flexibility index (Phi) is 6.96. The maximum absolute atomic E-state index is 12.3. The summed E-state index contributed by atoms with van der Waals surface area (Å²) < 4.78 is 0. The Morgan fingerprint density at radius 1 is 1.00 bits per heavy atom. The fourth-order valence-corrected chi connectivity index (χ4v) is 2.71. The van der Waals surface area contributed by atoms with Crippen LogP contribution in [-0.4, -0.2) is 24.3 Å². The molecule has 7 heteroatoms. The van der Waals surface area contributed by atoms with Gasteiger partial charge in [0.05, 0.1) is 0 Å². The SMILES string of the molecule is CC(=O)Nc1cccc(NC(=O)CCN(C(C)=O)c2ccc(C)c(Cl)c2)c1. The van der Waals surface area contributed by atoms with Gasteiger partial charge in [-0.1, -0.05) is 23.7 Å². The first-order chi connectivity index (χ1) is 12.8. The van der Waals surface area contributed by atoms with Crippen LogP contribution in [0.3, 0.4) is 0 Å². The fraction of sp³-hybridized carbons (Fsp3) is 0.250. The second-order valence-corrected chi connectivity index (χ2v) is 6.57. The standard InChI is InChI=1S/C20H22ClN3O3/c1-13-7-8-18(12-19(13)21)24(15(3)26)10-9-20(27)23-17-6-4-5-16(11-17)22-14(2)25/h4-8,11-12H,9-10H2,1-3H3,(H,22,25)(H,23,27). The second kappa shape index (κ2) is 9.19. The molecule has 2 aromatic rings. The molecule has 142 valence electrons. The number of halogens is 1. The lowest BCUT2D eigenvalue weighted by Gasteiger charge is -2.21. The normalized spacial score (nSPS) is 10.2. The molecule has 0 aliphatic carbocycles. The Hall–Kier alpha value is -2.86. The topological polar surface area (TPSA) is 78.5 Å². The lowest BCUT2D eigenvalue weighted by Crippen LogP contribution is -2.32. The van der Waals surface area contributed by atoms with Crippen molar-refractivity contribution in [2.75, 3.05) is 22.1 Å². The number of rotatable bonds is 6. The minimum atomic E-state index is -0.237. The van der Waals surface area contributed by atoms with Crippen LogP contribution in [0.2, 0.25) is 5.02 Å². The monoisotopic (exact) mass is 387 g/mol. The van der Waals surface area contributed by atoms with Crippen LogP contribution < -0.4 is 15.5 Å². The van der Waals surface area contributed by atoms with E-state index in [9.17, 15) is 14.4 Å². The summed E-state index contributed by atoms with van der Waals surface area (Å²) in [6.45, 7) is 4.97. The van der Waals surface area contributed by atoms with E-state index >= 15 is 0 Å². The van der Waals surface area contributed by atoms with Gasteiger partial charge in [-0.25, -0.2) is 0 Å². The summed E-state index contributed by atoms with van der Waals surface area (Å²) in [6, 6.07) is 12.2. The molecule has 0 bridgehead atoms. The van der Waals surface area contributed by atoms with Crippen LogP contribution in [0.25, 0.3) is 0 Å². The molecule has 0 aliphatic rings. The maximum Gasteiger partial charge on any atom is 0.226 e. The summed E-state index contributed by atoms with van der Waals surface area (Å²) in [5.41, 5.74) is 2.73. The highest BCUT2D eigenvalue weighted by Crippen LogP contribution is 2.23. The molecule has 2 N–H and O–H groups in total. The number of carbonyl (C=O) groups is 3. The van der Waals surface area contributed by atoms with Gasteiger partial charge in [0.2, 0.25) is 17.7 Å². The minimum absolute atomic E-state index is 0.120. The van der Waals surface area contributed by atoms with E-state index in [1.54, 1.807) is 36.4 Å². The van der Waals surface area contributed by atoms with Crippen LogP contribution in [0.15, 0.2) is 42.5 Å². The third-order valence-corrected chi connectivity index (χ3v) is 4.28. The van der Waals surface area contributed by atoms with E-state index < -0.39 is 0 Å². The van der Waals surface area contributed by atoms with Crippen molar-refractivity contribution < 1.29 is 14.4 Å². The number of nitrogens with zero attached hydrogens (tertiary/aromatic N) is 1. The quantitative estimate of drug-likeness (QED) is 0.786. The summed E-state index contributed by atoms with van der Waals surface area (Å²) in [6.07, 6.45) is 0.120. The fourth-order valence-electron chi connectivity index (χ4n) is 2.53. The number of amides is 3. The molecule has 0 aromatic heterocycles. The minimum Gasteiger partial charge on any atom is -0.326 e. The van der Waals surface area contributed by atoms with Crippen LogP contribution in [0, 0.1) is 6.92 Å². The molecule has 6 nitrogen and oxygen atoms in total. The van der Waals surface area contributed by atoms with Gasteiger partial charge in [0.15, 0.2) is 0 Å². The Morgan fingerprint density at radius 3 is 2.26 bits per heavy atom. The van der Waals surface area contributed by atoms with Crippen LogP contribution in [0.4, 0.5) is 17.1 Å². The second-order valence-electron chi connectivity index (χ2n) is 6.16. The van der Waals surface area contributed by atoms with Crippen LogP contribution in [0.1, 0.15) is 25.8 Å². The third-order valence-electron chi connectivity index (χ3n) is 3.88. The van der Waals surface area contributed by atoms with Gasteiger partial charge in [0.1, 0.15) is 0 Å². The van der Waals surface area contributed by atoms with Crippen LogP contribution >= 0.6 is 11.6 Å². The van der Waals surface area contributed by atoms with E-state index in [-0.39, 0.29) is 30.7 Å². The van der Waals surface area contributed by atoms with E-state index in [4.69, 9.17) is 11.6 Å². The zero-order valence-corrected chi connectivity index (χ0v) is 16.3. The number of nitrogens with one attached hydrogen (secondary N) is 2. The van der Waals surface area contributed by atoms with Gasteiger partial charge in [-0.05, 0) is 42.8 Å². The molecule has 0 saturated heterocycles. The first-order valence-electron chi connectivity index (χ1n) is 8.48. The van der Waals surface area contributed by atoms with Crippen molar-refractivity contribution in [1.82, 2.24) is 0 Å². The molecule has 27 heavy (non-hydrogen) atoms. The summed E-state index contributed by atoms with van der Waals surface area (Å²) >= 11 is 6.14. The molecule has 0 fully saturated rings. The van der Waals surface area contributed by atoms with Gasteiger partial charge in [0.25, 0.3) is 0 Å². The summed E-state index contributed by atoms with van der Waals surface area (Å²) in [7, 11) is 0. The van der Waals surface area contributed by atoms with E-state index in [0.717, 1.165) is 5.56 Å². The predicted octanol–water partition coefficient (Wildman–Crippen LogP) is 3.99. The molecule has 0 saturated carbocycles. The Bertz CT molecular complexity index is 867. The van der Waals surface area contributed by atoms with Crippen molar-refractivity contribution in [3.63, 3.8) is 0 Å². The Labute approximate surface area is 163 Å². The summed E-state index contributed by atoms with van der Waals surface area (Å²) in [5, 5.41) is 5.99. The van der Waals surface area contributed by atoms with E-state index in [1.165, 1.54) is 18.7 Å². The first kappa shape index (κ1) is 20.5. The lowest BCUT2D eigenvalue weighted by molar-refractivity contribution is -0.117. The van der Waals surface area contributed by atoms with Crippen molar-refractivity contribution in [2.45, 2.75) is 27.2 Å². The molecule has 0 aliphatic heterocycles. The number of hydrogen-bond donors (Lipinski definition) is 2.